The average molecular weight is 455 g/mol. The maximum Gasteiger partial charge on any atom is 0.329 e. The van der Waals surface area contributed by atoms with E-state index in [0.717, 1.165) is 0 Å². The highest BCUT2D eigenvalue weighted by Crippen LogP contribution is 2.39. The number of urea groups is 1. The molecule has 3 aromatic carbocycles. The number of hydrogen-bond acceptors (Lipinski definition) is 4. The second-order valence-electron chi connectivity index (χ2n) is 7.62. The van der Waals surface area contributed by atoms with Crippen molar-refractivity contribution in [2.24, 2.45) is 0 Å². The van der Waals surface area contributed by atoms with E-state index in [1.165, 1.54) is 0 Å². The van der Waals surface area contributed by atoms with Gasteiger partial charge in [0.2, 0.25) is 0 Å². The maximum absolute atomic E-state index is 13.4. The molecule has 0 bridgehead atoms. The molecule has 2 saturated heterocycles. The van der Waals surface area contributed by atoms with Crippen LogP contribution >= 0.6 is 11.6 Å². The van der Waals surface area contributed by atoms with E-state index in [1.807, 2.05) is 30.3 Å². The molecular weight excluding hydrogens is 436 g/mol. The molecule has 2 fully saturated rings. The average Bonchev–Trinajstić information content (AvgIpc) is 3.18. The van der Waals surface area contributed by atoms with Crippen LogP contribution in [0.25, 0.3) is 0 Å². The molecule has 0 saturated carbocycles. The van der Waals surface area contributed by atoms with E-state index in [-0.39, 0.29) is 17.5 Å². The Kier molecular flexibility index (Phi) is 4.87. The van der Waals surface area contributed by atoms with E-state index in [1.54, 1.807) is 58.3 Å². The summed E-state index contributed by atoms with van der Waals surface area (Å²) in [4.78, 5) is 16.5. The van der Waals surface area contributed by atoms with Crippen LogP contribution in [0, 0.1) is 0 Å². The summed E-state index contributed by atoms with van der Waals surface area (Å²) in [7, 11) is -3.26. The zero-order valence-corrected chi connectivity index (χ0v) is 18.0. The van der Waals surface area contributed by atoms with E-state index >= 15 is 0 Å². The second kappa shape index (κ2) is 7.59. The summed E-state index contributed by atoms with van der Waals surface area (Å²) in [5, 5.41) is 0.489. The van der Waals surface area contributed by atoms with Crippen molar-refractivity contribution in [3.05, 3.63) is 83.9 Å². The number of benzene rings is 3. The maximum atomic E-state index is 13.4. The van der Waals surface area contributed by atoms with Crippen molar-refractivity contribution < 1.29 is 17.9 Å². The molecule has 0 N–H and O–H groups in total. The lowest BCUT2D eigenvalue weighted by Crippen LogP contribution is -2.37. The SMILES string of the molecule is O=C1N(c2ccc(Oc3ccccc3)cc2)C2CS(=O)(=O)CC2N1c1cccc(Cl)c1. The molecule has 3 aromatic rings. The van der Waals surface area contributed by atoms with Gasteiger partial charge in [-0.3, -0.25) is 9.80 Å². The monoisotopic (exact) mass is 454 g/mol. The van der Waals surface area contributed by atoms with E-state index in [0.29, 0.717) is 27.9 Å². The van der Waals surface area contributed by atoms with Gasteiger partial charge < -0.3 is 4.74 Å². The third kappa shape index (κ3) is 3.75. The number of nitrogens with zero attached hydrogens (tertiary/aromatic N) is 2. The van der Waals surface area contributed by atoms with Crippen molar-refractivity contribution in [3.63, 3.8) is 0 Å². The number of para-hydroxylation sites is 1. The number of hydrogen-bond donors (Lipinski definition) is 0. The zero-order chi connectivity index (χ0) is 21.6. The highest BCUT2D eigenvalue weighted by atomic mass is 35.5. The van der Waals surface area contributed by atoms with Gasteiger partial charge in [-0.2, -0.15) is 0 Å². The molecule has 0 aromatic heterocycles. The first-order valence-electron chi connectivity index (χ1n) is 9.83. The molecule has 2 amide bonds. The van der Waals surface area contributed by atoms with Gasteiger partial charge in [-0.1, -0.05) is 35.9 Å². The Morgan fingerprint density at radius 3 is 2.03 bits per heavy atom. The summed E-state index contributed by atoms with van der Waals surface area (Å²) in [6, 6.07) is 22.2. The normalized spacial score (nSPS) is 21.9. The van der Waals surface area contributed by atoms with Gasteiger partial charge >= 0.3 is 6.03 Å². The van der Waals surface area contributed by atoms with Crippen LogP contribution in [0.4, 0.5) is 16.2 Å². The van der Waals surface area contributed by atoms with Crippen molar-refractivity contribution in [3.8, 4) is 11.5 Å². The molecule has 2 aliphatic heterocycles. The summed E-state index contributed by atoms with van der Waals surface area (Å²) in [6.07, 6.45) is 0. The minimum Gasteiger partial charge on any atom is -0.457 e. The van der Waals surface area contributed by atoms with Crippen LogP contribution in [0.5, 0.6) is 11.5 Å². The first-order valence-corrected chi connectivity index (χ1v) is 12.0. The number of amides is 2. The second-order valence-corrected chi connectivity index (χ2v) is 10.2. The number of rotatable bonds is 4. The third-order valence-corrected chi connectivity index (χ3v) is 7.48. The zero-order valence-electron chi connectivity index (χ0n) is 16.4. The Balaban J connectivity index is 1.47. The van der Waals surface area contributed by atoms with Crippen molar-refractivity contribution in [1.82, 2.24) is 0 Å². The van der Waals surface area contributed by atoms with Gasteiger partial charge in [0.15, 0.2) is 9.84 Å². The summed E-state index contributed by atoms with van der Waals surface area (Å²) in [5.74, 6) is 1.20. The molecule has 2 unspecified atom stereocenters. The Labute approximate surface area is 185 Å². The van der Waals surface area contributed by atoms with Crippen LogP contribution in [0.2, 0.25) is 5.02 Å². The first kappa shape index (κ1) is 19.9. The lowest BCUT2D eigenvalue weighted by Gasteiger charge is -2.23. The molecule has 2 heterocycles. The smallest absolute Gasteiger partial charge is 0.329 e. The molecule has 2 aliphatic rings. The lowest BCUT2D eigenvalue weighted by molar-refractivity contribution is 0.255. The Bertz CT molecular complexity index is 1230. The first-order chi connectivity index (χ1) is 14.9. The number of carbonyl (C=O) groups is 1. The molecule has 8 heteroatoms. The van der Waals surface area contributed by atoms with Gasteiger partial charge in [-0.15, -0.1) is 0 Å². The molecule has 0 aliphatic carbocycles. The quantitative estimate of drug-likeness (QED) is 0.534. The number of fused-ring (bicyclic) bond motifs is 1. The summed E-state index contributed by atoms with van der Waals surface area (Å²) in [5.41, 5.74) is 1.22. The fraction of sp³-hybridized carbons (Fsp3) is 0.174. The molecule has 5 rings (SSSR count). The predicted octanol–water partition coefficient (Wildman–Crippen LogP) is 4.74. The topological polar surface area (TPSA) is 66.9 Å². The molecule has 31 heavy (non-hydrogen) atoms. The summed E-state index contributed by atoms with van der Waals surface area (Å²) < 4.78 is 30.7. The van der Waals surface area contributed by atoms with Crippen LogP contribution in [-0.4, -0.2) is 38.0 Å². The van der Waals surface area contributed by atoms with Crippen LogP contribution in [0.15, 0.2) is 78.9 Å². The number of sulfone groups is 1. The van der Waals surface area contributed by atoms with Crippen LogP contribution in [0.3, 0.4) is 0 Å². The van der Waals surface area contributed by atoms with E-state index in [2.05, 4.69) is 0 Å². The molecule has 158 valence electrons. The van der Waals surface area contributed by atoms with Crippen molar-refractivity contribution in [1.29, 1.82) is 0 Å². The molecule has 6 nitrogen and oxygen atoms in total. The molecular formula is C23H19ClN2O4S. The Morgan fingerprint density at radius 1 is 0.774 bits per heavy atom. The summed E-state index contributed by atoms with van der Waals surface area (Å²) >= 11 is 6.12. The van der Waals surface area contributed by atoms with Crippen LogP contribution in [-0.2, 0) is 9.84 Å². The minimum atomic E-state index is -3.26. The largest absolute Gasteiger partial charge is 0.457 e. The lowest BCUT2D eigenvalue weighted by atomic mass is 10.1. The Morgan fingerprint density at radius 2 is 1.39 bits per heavy atom. The highest BCUT2D eigenvalue weighted by molar-refractivity contribution is 7.91. The van der Waals surface area contributed by atoms with E-state index in [4.69, 9.17) is 16.3 Å². The number of halogens is 1. The predicted molar refractivity (Wildman–Crippen MR) is 121 cm³/mol. The fourth-order valence-electron chi connectivity index (χ4n) is 4.23. The molecule has 2 atom stereocenters. The van der Waals surface area contributed by atoms with Gasteiger partial charge in [0.1, 0.15) is 11.5 Å². The summed E-state index contributed by atoms with van der Waals surface area (Å²) in [6.45, 7) is 0. The fourth-order valence-corrected chi connectivity index (χ4v) is 6.34. The van der Waals surface area contributed by atoms with Crippen molar-refractivity contribution in [2.45, 2.75) is 12.1 Å². The molecule has 0 spiro atoms. The van der Waals surface area contributed by atoms with Crippen molar-refractivity contribution in [2.75, 3.05) is 21.3 Å². The minimum absolute atomic E-state index is 0.0667. The van der Waals surface area contributed by atoms with Crippen LogP contribution in [0.1, 0.15) is 0 Å². The van der Waals surface area contributed by atoms with Gasteiger partial charge in [0.05, 0.1) is 23.6 Å². The molecule has 0 radical (unpaired) electrons. The standard InChI is InChI=1S/C23H19ClN2O4S/c24-16-5-4-6-18(13-16)26-22-15-31(28,29)14-21(22)25(23(26)27)17-9-11-20(12-10-17)30-19-7-2-1-3-8-19/h1-13,21-22H,14-15H2. The number of anilines is 2. The third-order valence-electron chi connectivity index (χ3n) is 5.55. The van der Waals surface area contributed by atoms with Gasteiger partial charge in [-0.25, -0.2) is 13.2 Å². The van der Waals surface area contributed by atoms with Gasteiger partial charge in [0, 0.05) is 16.4 Å². The van der Waals surface area contributed by atoms with E-state index < -0.39 is 21.9 Å². The number of ether oxygens (including phenoxy) is 1. The van der Waals surface area contributed by atoms with E-state index in [9.17, 15) is 13.2 Å². The van der Waals surface area contributed by atoms with Crippen molar-refractivity contribution >= 4 is 38.8 Å². The Hall–Kier alpha value is -3.03. The van der Waals surface area contributed by atoms with Crippen LogP contribution < -0.4 is 14.5 Å². The van der Waals surface area contributed by atoms with Gasteiger partial charge in [0.25, 0.3) is 0 Å². The van der Waals surface area contributed by atoms with Gasteiger partial charge in [-0.05, 0) is 54.6 Å². The number of carbonyl (C=O) groups excluding carboxylic acids is 1. The highest BCUT2D eigenvalue weighted by Gasteiger charge is 2.54.